The first-order valence-corrected chi connectivity index (χ1v) is 17.1. The molecule has 0 bridgehead atoms. The van der Waals surface area contributed by atoms with Gasteiger partial charge in [0.25, 0.3) is 5.91 Å². The third-order valence-corrected chi connectivity index (χ3v) is 7.08. The number of unbranched alkanes of at least 4 members (excludes halogenated alkanes) is 4. The average Bonchev–Trinajstić information content (AvgIpc) is 3.15. The number of aliphatic hydroxyl groups excluding tert-OH is 1. The van der Waals surface area contributed by atoms with Gasteiger partial charge in [-0.1, -0.05) is 73.9 Å². The second-order valence-corrected chi connectivity index (χ2v) is 11.6. The zero-order chi connectivity index (χ0) is 41.5. The van der Waals surface area contributed by atoms with Gasteiger partial charge in [-0.15, -0.1) is 0 Å². The van der Waals surface area contributed by atoms with Crippen molar-refractivity contribution in [3.05, 3.63) is 102 Å². The van der Waals surface area contributed by atoms with Gasteiger partial charge in [0.15, 0.2) is 0 Å². The molecule has 0 aliphatic carbocycles. The number of hydrogen-bond acceptors (Lipinski definition) is 9. The average molecular weight is 783 g/mol. The van der Waals surface area contributed by atoms with Gasteiger partial charge in [-0.3, -0.25) is 9.59 Å². The Morgan fingerprint density at radius 1 is 0.709 bits per heavy atom. The van der Waals surface area contributed by atoms with E-state index in [0.717, 1.165) is 11.4 Å². The van der Waals surface area contributed by atoms with Gasteiger partial charge in [0.05, 0.1) is 13.7 Å². The number of alkyl halides is 6. The van der Waals surface area contributed by atoms with E-state index in [9.17, 15) is 45.5 Å². The minimum absolute atomic E-state index is 0.0603. The third kappa shape index (κ3) is 27.1. The Morgan fingerprint density at radius 3 is 1.60 bits per heavy atom. The minimum Gasteiger partial charge on any atom is -0.399 e. The number of hydroxylamine groups is 1. The molecule has 1 atom stereocenters. The maximum Gasteiger partial charge on any atom is 0.449 e. The van der Waals surface area contributed by atoms with Gasteiger partial charge < -0.3 is 26.7 Å². The zero-order valence-corrected chi connectivity index (χ0v) is 30.4. The molecule has 3 rings (SSSR count). The first-order valence-electron chi connectivity index (χ1n) is 17.1. The number of carbonyl (C=O) groups is 2. The molecule has 7 N–H and O–H groups in total. The third-order valence-electron chi connectivity index (χ3n) is 7.08. The number of nitrogen functional groups attached to an aromatic ring is 2. The van der Waals surface area contributed by atoms with E-state index in [1.807, 2.05) is 60.7 Å². The number of amides is 1. The van der Waals surface area contributed by atoms with Crippen LogP contribution < -0.4 is 22.3 Å². The van der Waals surface area contributed by atoms with E-state index in [0.29, 0.717) is 43.4 Å². The van der Waals surface area contributed by atoms with E-state index in [1.165, 1.54) is 7.11 Å². The Hall–Kier alpha value is -5.24. The molecule has 10 nitrogen and oxygen atoms in total. The number of carbonyl (C=O) groups excluding carboxylic acids is 4. The number of hydrogen-bond donors (Lipinski definition) is 5. The number of aliphatic hydroxyl groups is 1. The molecule has 3 aromatic rings. The number of nitrogens with one attached hydrogen (secondary N) is 2. The smallest absolute Gasteiger partial charge is 0.399 e. The SMILES string of the molecule is CONCC(=C=O)CCCCCC(O)C(F)(F)F.Nc1ccccc1.Nc1ccccc1.O=C=C(CCCCCC(=O)C(F)(F)F)C(=O)Nc1ccccc1. The van der Waals surface area contributed by atoms with E-state index in [2.05, 4.69) is 15.6 Å². The number of Topliss-reactive ketones (excluding diaryl/α,β-unsaturated/α-hetero) is 1. The molecule has 302 valence electrons. The fourth-order valence-electron chi connectivity index (χ4n) is 4.10. The summed E-state index contributed by atoms with van der Waals surface area (Å²) >= 11 is 0. The molecular formula is C39H48F6N4O6. The lowest BCUT2D eigenvalue weighted by Crippen LogP contribution is -2.28. The molecule has 0 radical (unpaired) electrons. The molecule has 0 fully saturated rings. The second kappa shape index (κ2) is 29.2. The lowest BCUT2D eigenvalue weighted by atomic mass is 10.1. The number of nitrogens with two attached hydrogens (primary N) is 2. The number of rotatable bonds is 17. The van der Waals surface area contributed by atoms with Crippen molar-refractivity contribution in [3.8, 4) is 0 Å². The fraction of sp³-hybridized carbons (Fsp3) is 0.385. The van der Waals surface area contributed by atoms with E-state index in [1.54, 1.807) is 42.2 Å². The summed E-state index contributed by atoms with van der Waals surface area (Å²) < 4.78 is 71.8. The molecule has 1 unspecified atom stereocenters. The summed E-state index contributed by atoms with van der Waals surface area (Å²) in [5.41, 5.74) is 15.8. The van der Waals surface area contributed by atoms with Crippen LogP contribution in [0.2, 0.25) is 0 Å². The number of halogens is 6. The van der Waals surface area contributed by atoms with E-state index < -0.39 is 36.6 Å². The Kier molecular flexibility index (Phi) is 26.4. The highest BCUT2D eigenvalue weighted by atomic mass is 19.4. The van der Waals surface area contributed by atoms with Gasteiger partial charge in [0.1, 0.15) is 23.6 Å². The van der Waals surface area contributed by atoms with Crippen molar-refractivity contribution >= 4 is 40.6 Å². The van der Waals surface area contributed by atoms with Gasteiger partial charge in [-0.25, -0.2) is 9.59 Å². The van der Waals surface area contributed by atoms with Crippen LogP contribution >= 0.6 is 0 Å². The highest BCUT2D eigenvalue weighted by Gasteiger charge is 2.37. The van der Waals surface area contributed by atoms with Crippen LogP contribution in [0.25, 0.3) is 0 Å². The minimum atomic E-state index is -4.80. The highest BCUT2D eigenvalue weighted by Crippen LogP contribution is 2.24. The molecule has 16 heteroatoms. The predicted octanol–water partition coefficient (Wildman–Crippen LogP) is 7.77. The largest absolute Gasteiger partial charge is 0.449 e. The van der Waals surface area contributed by atoms with Crippen LogP contribution in [0.5, 0.6) is 0 Å². The van der Waals surface area contributed by atoms with Crippen LogP contribution in [0.15, 0.2) is 102 Å². The molecule has 0 saturated heterocycles. The first-order chi connectivity index (χ1) is 26.0. The zero-order valence-electron chi connectivity index (χ0n) is 30.4. The van der Waals surface area contributed by atoms with Gasteiger partial charge in [0.2, 0.25) is 5.78 Å². The second-order valence-electron chi connectivity index (χ2n) is 11.6. The molecule has 55 heavy (non-hydrogen) atoms. The van der Waals surface area contributed by atoms with Crippen LogP contribution in [0.4, 0.5) is 43.4 Å². The Balaban J connectivity index is 0.000000794. The molecule has 0 spiro atoms. The van der Waals surface area contributed by atoms with Crippen LogP contribution in [-0.2, 0) is 24.0 Å². The van der Waals surface area contributed by atoms with Crippen molar-refractivity contribution in [3.63, 3.8) is 0 Å². The quantitative estimate of drug-likeness (QED) is 0.0229. The lowest BCUT2D eigenvalue weighted by Gasteiger charge is -2.13. The summed E-state index contributed by atoms with van der Waals surface area (Å²) in [6.07, 6.45) is -9.86. The number of anilines is 3. The Labute approximate surface area is 316 Å². The predicted molar refractivity (Wildman–Crippen MR) is 199 cm³/mol. The normalized spacial score (nSPS) is 11.0. The summed E-state index contributed by atoms with van der Waals surface area (Å²) in [6.45, 7) is 0.255. The van der Waals surface area contributed by atoms with Crippen molar-refractivity contribution in [2.75, 3.05) is 30.4 Å². The topological polar surface area (TPSA) is 174 Å². The van der Waals surface area contributed by atoms with Gasteiger partial charge in [-0.05, 0) is 74.9 Å². The molecule has 0 saturated carbocycles. The number of para-hydroxylation sites is 3. The van der Waals surface area contributed by atoms with Crippen LogP contribution in [0.3, 0.4) is 0 Å². The maximum atomic E-state index is 12.0. The van der Waals surface area contributed by atoms with Crippen molar-refractivity contribution in [2.45, 2.75) is 82.7 Å². The first kappa shape index (κ1) is 49.8. The van der Waals surface area contributed by atoms with Crippen LogP contribution in [0, 0.1) is 0 Å². The summed E-state index contributed by atoms with van der Waals surface area (Å²) in [4.78, 5) is 48.4. The molecule has 1 amide bonds. The molecule has 0 heterocycles. The number of benzene rings is 3. The van der Waals surface area contributed by atoms with Crippen LogP contribution in [-0.4, -0.2) is 60.8 Å². The summed E-state index contributed by atoms with van der Waals surface area (Å²) in [6, 6.07) is 27.5. The summed E-state index contributed by atoms with van der Waals surface area (Å²) in [7, 11) is 1.42. The molecular weight excluding hydrogens is 734 g/mol. The molecule has 0 aliphatic heterocycles. The monoisotopic (exact) mass is 782 g/mol. The highest BCUT2D eigenvalue weighted by molar-refractivity contribution is 6.08. The van der Waals surface area contributed by atoms with Gasteiger partial charge in [-0.2, -0.15) is 31.8 Å². The maximum absolute atomic E-state index is 12.0. The molecule has 0 aliphatic rings. The van der Waals surface area contributed by atoms with Gasteiger partial charge in [0, 0.05) is 29.1 Å². The Morgan fingerprint density at radius 2 is 1.18 bits per heavy atom. The van der Waals surface area contributed by atoms with Gasteiger partial charge >= 0.3 is 12.4 Å². The van der Waals surface area contributed by atoms with Crippen LogP contribution in [0.1, 0.15) is 64.2 Å². The van der Waals surface area contributed by atoms with Crippen molar-refractivity contribution in [1.29, 1.82) is 0 Å². The Bertz CT molecular complexity index is 1540. The fourth-order valence-corrected chi connectivity index (χ4v) is 4.10. The van der Waals surface area contributed by atoms with E-state index in [-0.39, 0.29) is 37.8 Å². The van der Waals surface area contributed by atoms with Crippen molar-refractivity contribution in [1.82, 2.24) is 5.48 Å². The number of ketones is 1. The van der Waals surface area contributed by atoms with E-state index >= 15 is 0 Å². The standard InChI is InChI=1S/C16H16F3NO3.C11H18F3NO3.2C6H7N/c17-16(18,19)14(22)10-6-1-3-7-12(11-21)15(23)20-13-8-4-2-5-9-13;1-18-15-7-9(8-16)5-3-2-4-6-10(17)11(12,13)14;2*7-6-4-2-1-3-5-6/h2,4-5,8-9H,1,3,6-7,10H2,(H,20,23);10,15,17H,2-7H2,1H3;2*1-5H,7H2. The summed E-state index contributed by atoms with van der Waals surface area (Å²) in [5.74, 6) is 0.965. The van der Waals surface area contributed by atoms with Crippen molar-refractivity contribution < 1.29 is 55.5 Å². The lowest BCUT2D eigenvalue weighted by molar-refractivity contribution is -0.205. The van der Waals surface area contributed by atoms with Crippen molar-refractivity contribution in [2.24, 2.45) is 0 Å². The molecule has 3 aromatic carbocycles. The molecule has 0 aromatic heterocycles. The summed E-state index contributed by atoms with van der Waals surface area (Å²) in [5, 5.41) is 11.3. The van der Waals surface area contributed by atoms with E-state index in [4.69, 9.17) is 16.6 Å².